The van der Waals surface area contributed by atoms with Crippen molar-refractivity contribution < 1.29 is 19.4 Å². The third kappa shape index (κ3) is 4.06. The average molecular weight is 277 g/mol. The summed E-state index contributed by atoms with van der Waals surface area (Å²) < 4.78 is 5.25. The molecule has 1 aromatic rings. The van der Waals surface area contributed by atoms with Crippen LogP contribution in [0.2, 0.25) is 0 Å². The van der Waals surface area contributed by atoms with E-state index >= 15 is 0 Å². The molecule has 0 aliphatic carbocycles. The van der Waals surface area contributed by atoms with E-state index in [0.717, 1.165) is 12.0 Å². The van der Waals surface area contributed by atoms with Crippen LogP contribution in [0, 0.1) is 0 Å². The minimum Gasteiger partial charge on any atom is -0.480 e. The number of rotatable bonds is 6. The molecule has 0 unspecified atom stereocenters. The molecular formula is C15H19NO4. The van der Waals surface area contributed by atoms with E-state index < -0.39 is 18.1 Å². The lowest BCUT2D eigenvalue weighted by molar-refractivity contribution is -0.143. The SMILES string of the molecule is O=C(O)[C@H](CCc1ccccc1)NC(=O)[C@H]1CCCO1. The van der Waals surface area contributed by atoms with Gasteiger partial charge in [0.1, 0.15) is 12.1 Å². The molecule has 1 aliphatic rings. The second-order valence-electron chi connectivity index (χ2n) is 4.93. The zero-order valence-corrected chi connectivity index (χ0v) is 11.2. The molecule has 1 aromatic carbocycles. The van der Waals surface area contributed by atoms with E-state index in [1.54, 1.807) is 0 Å². The van der Waals surface area contributed by atoms with E-state index in [4.69, 9.17) is 4.74 Å². The fourth-order valence-corrected chi connectivity index (χ4v) is 2.26. The summed E-state index contributed by atoms with van der Waals surface area (Å²) in [5.41, 5.74) is 1.06. The molecule has 1 aliphatic heterocycles. The number of carbonyl (C=O) groups excluding carboxylic acids is 1. The van der Waals surface area contributed by atoms with Crippen LogP contribution in [0.1, 0.15) is 24.8 Å². The molecule has 2 N–H and O–H groups in total. The number of aryl methyl sites for hydroxylation is 1. The Kier molecular flexibility index (Phi) is 5.12. The fraction of sp³-hybridized carbons (Fsp3) is 0.467. The molecule has 0 saturated carbocycles. The van der Waals surface area contributed by atoms with Gasteiger partial charge in [-0.25, -0.2) is 4.79 Å². The molecule has 0 radical (unpaired) electrons. The van der Waals surface area contributed by atoms with Crippen LogP contribution >= 0.6 is 0 Å². The standard InChI is InChI=1S/C15H19NO4/c17-14(13-7-4-10-20-13)16-12(15(18)19)9-8-11-5-2-1-3-6-11/h1-3,5-6,12-13H,4,7-10H2,(H,16,17)(H,18,19)/t12-,13+/m0/s1. The van der Waals surface area contributed by atoms with Crippen molar-refractivity contribution in [2.45, 2.75) is 37.8 Å². The first-order valence-corrected chi connectivity index (χ1v) is 6.85. The highest BCUT2D eigenvalue weighted by Gasteiger charge is 2.27. The van der Waals surface area contributed by atoms with Gasteiger partial charge in [0, 0.05) is 6.61 Å². The first-order valence-electron chi connectivity index (χ1n) is 6.85. The van der Waals surface area contributed by atoms with E-state index in [2.05, 4.69) is 5.32 Å². The quantitative estimate of drug-likeness (QED) is 0.823. The number of amides is 1. The predicted molar refractivity (Wildman–Crippen MR) is 73.3 cm³/mol. The van der Waals surface area contributed by atoms with Gasteiger partial charge in [-0.15, -0.1) is 0 Å². The summed E-state index contributed by atoms with van der Waals surface area (Å²) in [4.78, 5) is 23.1. The highest BCUT2D eigenvalue weighted by molar-refractivity contribution is 5.86. The Balaban J connectivity index is 1.87. The highest BCUT2D eigenvalue weighted by atomic mass is 16.5. The monoisotopic (exact) mass is 277 g/mol. The number of aliphatic carboxylic acids is 1. The molecule has 1 amide bonds. The number of hydrogen-bond donors (Lipinski definition) is 2. The summed E-state index contributed by atoms with van der Waals surface area (Å²) in [7, 11) is 0. The number of ether oxygens (including phenoxy) is 1. The molecule has 0 bridgehead atoms. The van der Waals surface area contributed by atoms with Gasteiger partial charge in [-0.3, -0.25) is 4.79 Å². The topological polar surface area (TPSA) is 75.6 Å². The lowest BCUT2D eigenvalue weighted by Gasteiger charge is -2.17. The van der Waals surface area contributed by atoms with Gasteiger partial charge >= 0.3 is 5.97 Å². The van der Waals surface area contributed by atoms with Crippen molar-refractivity contribution in [3.63, 3.8) is 0 Å². The fourth-order valence-electron chi connectivity index (χ4n) is 2.26. The van der Waals surface area contributed by atoms with Gasteiger partial charge in [0.2, 0.25) is 5.91 Å². The minimum atomic E-state index is -1.01. The van der Waals surface area contributed by atoms with Crippen molar-refractivity contribution in [2.75, 3.05) is 6.61 Å². The van der Waals surface area contributed by atoms with Crippen LogP contribution in [0.4, 0.5) is 0 Å². The van der Waals surface area contributed by atoms with E-state index in [-0.39, 0.29) is 5.91 Å². The van der Waals surface area contributed by atoms with Crippen molar-refractivity contribution >= 4 is 11.9 Å². The van der Waals surface area contributed by atoms with Gasteiger partial charge < -0.3 is 15.2 Å². The third-order valence-electron chi connectivity index (χ3n) is 3.40. The van der Waals surface area contributed by atoms with Crippen molar-refractivity contribution in [1.82, 2.24) is 5.32 Å². The van der Waals surface area contributed by atoms with Crippen LogP contribution in [0.3, 0.4) is 0 Å². The minimum absolute atomic E-state index is 0.317. The Bertz CT molecular complexity index is 454. The van der Waals surface area contributed by atoms with Crippen molar-refractivity contribution in [3.05, 3.63) is 35.9 Å². The lowest BCUT2D eigenvalue weighted by atomic mass is 10.0. The van der Waals surface area contributed by atoms with Crippen LogP contribution in [0.15, 0.2) is 30.3 Å². The number of hydrogen-bond acceptors (Lipinski definition) is 3. The molecule has 0 aromatic heterocycles. The Morgan fingerprint density at radius 3 is 2.70 bits per heavy atom. The first kappa shape index (κ1) is 14.5. The maximum absolute atomic E-state index is 11.9. The predicted octanol–water partition coefficient (Wildman–Crippen LogP) is 1.37. The molecule has 1 heterocycles. The molecule has 2 rings (SSSR count). The van der Waals surface area contributed by atoms with E-state index in [0.29, 0.717) is 25.9 Å². The van der Waals surface area contributed by atoms with Gasteiger partial charge in [-0.1, -0.05) is 30.3 Å². The number of benzene rings is 1. The largest absolute Gasteiger partial charge is 0.480 e. The zero-order chi connectivity index (χ0) is 14.4. The maximum Gasteiger partial charge on any atom is 0.326 e. The molecule has 1 saturated heterocycles. The summed E-state index contributed by atoms with van der Waals surface area (Å²) >= 11 is 0. The molecule has 5 nitrogen and oxygen atoms in total. The van der Waals surface area contributed by atoms with Crippen LogP contribution in [-0.4, -0.2) is 35.7 Å². The van der Waals surface area contributed by atoms with Crippen LogP contribution in [0.25, 0.3) is 0 Å². The van der Waals surface area contributed by atoms with Crippen LogP contribution in [-0.2, 0) is 20.7 Å². The number of nitrogens with one attached hydrogen (secondary N) is 1. The summed E-state index contributed by atoms with van der Waals surface area (Å²) in [5.74, 6) is -1.32. The molecule has 20 heavy (non-hydrogen) atoms. The van der Waals surface area contributed by atoms with Crippen molar-refractivity contribution in [1.29, 1.82) is 0 Å². The molecule has 0 spiro atoms. The summed E-state index contributed by atoms with van der Waals surface area (Å²) in [6.07, 6.45) is 2.01. The Hall–Kier alpha value is -1.88. The van der Waals surface area contributed by atoms with Crippen LogP contribution in [0.5, 0.6) is 0 Å². The van der Waals surface area contributed by atoms with Gasteiger partial charge in [0.25, 0.3) is 0 Å². The van der Waals surface area contributed by atoms with Crippen LogP contribution < -0.4 is 5.32 Å². The maximum atomic E-state index is 11.9. The summed E-state index contributed by atoms with van der Waals surface area (Å²) in [6, 6.07) is 8.76. The average Bonchev–Trinajstić information content (AvgIpc) is 2.98. The molecular weight excluding hydrogens is 258 g/mol. The summed E-state index contributed by atoms with van der Waals surface area (Å²) in [6.45, 7) is 0.569. The van der Waals surface area contributed by atoms with Gasteiger partial charge in [0.05, 0.1) is 0 Å². The van der Waals surface area contributed by atoms with Crippen molar-refractivity contribution in [3.8, 4) is 0 Å². The van der Waals surface area contributed by atoms with Gasteiger partial charge in [0.15, 0.2) is 0 Å². The second-order valence-corrected chi connectivity index (χ2v) is 4.93. The lowest BCUT2D eigenvalue weighted by Crippen LogP contribution is -2.45. The first-order chi connectivity index (χ1) is 9.66. The summed E-state index contributed by atoms with van der Waals surface area (Å²) in [5, 5.41) is 11.8. The van der Waals surface area contributed by atoms with Crippen molar-refractivity contribution in [2.24, 2.45) is 0 Å². The van der Waals surface area contributed by atoms with E-state index in [9.17, 15) is 14.7 Å². The molecule has 108 valence electrons. The molecule has 2 atom stereocenters. The highest BCUT2D eigenvalue weighted by Crippen LogP contribution is 2.13. The Morgan fingerprint density at radius 2 is 2.10 bits per heavy atom. The van der Waals surface area contributed by atoms with E-state index in [1.165, 1.54) is 0 Å². The van der Waals surface area contributed by atoms with Gasteiger partial charge in [-0.2, -0.15) is 0 Å². The smallest absolute Gasteiger partial charge is 0.326 e. The number of carboxylic acid groups (broad SMARTS) is 1. The number of carbonyl (C=O) groups is 2. The number of carboxylic acids is 1. The normalized spacial score (nSPS) is 19.5. The van der Waals surface area contributed by atoms with Gasteiger partial charge in [-0.05, 0) is 31.2 Å². The molecule has 1 fully saturated rings. The zero-order valence-electron chi connectivity index (χ0n) is 11.2. The van der Waals surface area contributed by atoms with E-state index in [1.807, 2.05) is 30.3 Å². The Labute approximate surface area is 117 Å². The Morgan fingerprint density at radius 1 is 1.35 bits per heavy atom. The second kappa shape index (κ2) is 7.05. The third-order valence-corrected chi connectivity index (χ3v) is 3.40. The molecule has 5 heteroatoms.